The smallest absolute Gasteiger partial charge is 0.190 e. The van der Waals surface area contributed by atoms with E-state index in [9.17, 15) is 0 Å². The molecule has 3 nitrogen and oxygen atoms in total. The number of hydrogen-bond acceptors (Lipinski definition) is 3. The Hall–Kier alpha value is -1.55. The molecule has 0 N–H and O–H groups in total. The Labute approximate surface area is 118 Å². The van der Waals surface area contributed by atoms with Crippen LogP contribution in [0.5, 0.6) is 0 Å². The summed E-state index contributed by atoms with van der Waals surface area (Å²) in [7, 11) is 4.09. The molecule has 2 aromatic rings. The highest BCUT2D eigenvalue weighted by molar-refractivity contribution is 7.09. The van der Waals surface area contributed by atoms with Gasteiger partial charge in [0.15, 0.2) is 4.80 Å². The molecule has 0 spiro atoms. The predicted octanol–water partition coefficient (Wildman–Crippen LogP) is 3.48. The summed E-state index contributed by atoms with van der Waals surface area (Å²) in [5.74, 6) is 0. The van der Waals surface area contributed by atoms with Gasteiger partial charge in [-0.15, -0.1) is 11.3 Å². The molecular formula is C15H21N3S. The van der Waals surface area contributed by atoms with E-state index >= 15 is 0 Å². The number of hydrogen-bond donors (Lipinski definition) is 0. The van der Waals surface area contributed by atoms with Crippen molar-refractivity contribution in [2.24, 2.45) is 4.99 Å². The molecule has 0 aliphatic heterocycles. The van der Waals surface area contributed by atoms with Gasteiger partial charge in [0.2, 0.25) is 0 Å². The molecule has 1 heterocycles. The SMILES string of the molecule is CCn1c(C)c(C)sc1=Nc1ccc(N(C)C)cc1. The van der Waals surface area contributed by atoms with Crippen LogP contribution in [0, 0.1) is 13.8 Å². The van der Waals surface area contributed by atoms with E-state index in [1.54, 1.807) is 11.3 Å². The molecule has 1 aromatic carbocycles. The summed E-state index contributed by atoms with van der Waals surface area (Å²) in [6.45, 7) is 7.43. The highest BCUT2D eigenvalue weighted by Gasteiger charge is 2.04. The molecule has 0 aliphatic rings. The maximum absolute atomic E-state index is 4.76. The predicted molar refractivity (Wildman–Crippen MR) is 83.4 cm³/mol. The van der Waals surface area contributed by atoms with Crippen molar-refractivity contribution in [2.45, 2.75) is 27.3 Å². The molecule has 102 valence electrons. The van der Waals surface area contributed by atoms with E-state index in [0.717, 1.165) is 17.0 Å². The van der Waals surface area contributed by atoms with Crippen molar-refractivity contribution in [1.82, 2.24) is 4.57 Å². The lowest BCUT2D eigenvalue weighted by Crippen LogP contribution is -2.14. The van der Waals surface area contributed by atoms with Gasteiger partial charge in [-0.2, -0.15) is 0 Å². The van der Waals surface area contributed by atoms with Crippen LogP contribution in [0.25, 0.3) is 0 Å². The second-order valence-electron chi connectivity index (χ2n) is 4.79. The third kappa shape index (κ3) is 2.89. The van der Waals surface area contributed by atoms with Crippen LogP contribution < -0.4 is 9.70 Å². The molecule has 0 saturated heterocycles. The lowest BCUT2D eigenvalue weighted by Gasteiger charge is -2.11. The average molecular weight is 275 g/mol. The number of anilines is 1. The molecule has 0 amide bonds. The average Bonchev–Trinajstić information content (AvgIpc) is 2.65. The number of rotatable bonds is 3. The van der Waals surface area contributed by atoms with Crippen molar-refractivity contribution in [3.05, 3.63) is 39.6 Å². The first-order valence-electron chi connectivity index (χ1n) is 6.52. The zero-order chi connectivity index (χ0) is 14.0. The highest BCUT2D eigenvalue weighted by Crippen LogP contribution is 2.18. The summed E-state index contributed by atoms with van der Waals surface area (Å²) in [6.07, 6.45) is 0. The van der Waals surface area contributed by atoms with E-state index in [4.69, 9.17) is 4.99 Å². The fraction of sp³-hybridized carbons (Fsp3) is 0.400. The third-order valence-electron chi connectivity index (χ3n) is 3.30. The fourth-order valence-electron chi connectivity index (χ4n) is 1.99. The van der Waals surface area contributed by atoms with Gasteiger partial charge < -0.3 is 9.47 Å². The molecule has 19 heavy (non-hydrogen) atoms. The third-order valence-corrected chi connectivity index (χ3v) is 4.39. The molecule has 0 unspecified atom stereocenters. The normalized spacial score (nSPS) is 11.9. The summed E-state index contributed by atoms with van der Waals surface area (Å²) < 4.78 is 2.26. The maximum Gasteiger partial charge on any atom is 0.190 e. The van der Waals surface area contributed by atoms with Gasteiger partial charge in [0.25, 0.3) is 0 Å². The van der Waals surface area contributed by atoms with Crippen molar-refractivity contribution >= 4 is 22.7 Å². The summed E-state index contributed by atoms with van der Waals surface area (Å²) >= 11 is 1.76. The first kappa shape index (κ1) is 13.9. The lowest BCUT2D eigenvalue weighted by molar-refractivity contribution is 0.709. The van der Waals surface area contributed by atoms with E-state index in [2.05, 4.69) is 54.5 Å². The Kier molecular flexibility index (Phi) is 4.10. The summed E-state index contributed by atoms with van der Waals surface area (Å²) in [6, 6.07) is 8.34. The van der Waals surface area contributed by atoms with Gasteiger partial charge in [-0.05, 0) is 45.0 Å². The highest BCUT2D eigenvalue weighted by atomic mass is 32.1. The molecule has 0 atom stereocenters. The number of benzene rings is 1. The Morgan fingerprint density at radius 3 is 2.32 bits per heavy atom. The number of nitrogens with zero attached hydrogens (tertiary/aromatic N) is 3. The minimum Gasteiger partial charge on any atom is -0.378 e. The topological polar surface area (TPSA) is 20.5 Å². The van der Waals surface area contributed by atoms with Crippen molar-refractivity contribution in [2.75, 3.05) is 19.0 Å². The second kappa shape index (κ2) is 5.61. The largest absolute Gasteiger partial charge is 0.378 e. The summed E-state index contributed by atoms with van der Waals surface area (Å²) in [4.78, 5) is 9.27. The van der Waals surface area contributed by atoms with Crippen LogP contribution in [0.1, 0.15) is 17.5 Å². The van der Waals surface area contributed by atoms with E-state index in [0.29, 0.717) is 0 Å². The Balaban J connectivity index is 2.43. The molecule has 0 fully saturated rings. The molecule has 2 rings (SSSR count). The number of thiazole rings is 1. The van der Waals surface area contributed by atoms with Gasteiger partial charge in [0.05, 0.1) is 5.69 Å². The molecule has 0 saturated carbocycles. The van der Waals surface area contributed by atoms with Crippen LogP contribution in [0.15, 0.2) is 29.3 Å². The Morgan fingerprint density at radius 2 is 1.79 bits per heavy atom. The molecule has 1 aromatic heterocycles. The first-order chi connectivity index (χ1) is 9.02. The van der Waals surface area contributed by atoms with E-state index in [-0.39, 0.29) is 0 Å². The zero-order valence-corrected chi connectivity index (χ0v) is 13.1. The minimum atomic E-state index is 0.963. The first-order valence-corrected chi connectivity index (χ1v) is 7.33. The van der Waals surface area contributed by atoms with Gasteiger partial charge in [-0.3, -0.25) is 0 Å². The second-order valence-corrected chi connectivity index (χ2v) is 5.97. The minimum absolute atomic E-state index is 0.963. The van der Waals surface area contributed by atoms with Gasteiger partial charge in [-0.1, -0.05) is 0 Å². The zero-order valence-electron chi connectivity index (χ0n) is 12.3. The monoisotopic (exact) mass is 275 g/mol. The molecule has 0 radical (unpaired) electrons. The standard InChI is InChI=1S/C15H21N3S/c1-6-18-11(2)12(3)19-15(18)16-13-7-9-14(10-8-13)17(4)5/h7-10H,6H2,1-5H3. The van der Waals surface area contributed by atoms with Crippen molar-refractivity contribution < 1.29 is 0 Å². The summed E-state index contributed by atoms with van der Waals surface area (Å²) in [5.41, 5.74) is 3.52. The summed E-state index contributed by atoms with van der Waals surface area (Å²) in [5, 5.41) is 0. The van der Waals surface area contributed by atoms with Gasteiger partial charge in [0, 0.05) is 36.9 Å². The molecule has 0 aliphatic carbocycles. The van der Waals surface area contributed by atoms with Gasteiger partial charge in [0.1, 0.15) is 0 Å². The number of aromatic nitrogens is 1. The number of aryl methyl sites for hydroxylation is 1. The van der Waals surface area contributed by atoms with Crippen molar-refractivity contribution in [1.29, 1.82) is 0 Å². The van der Waals surface area contributed by atoms with Crippen molar-refractivity contribution in [3.8, 4) is 0 Å². The van der Waals surface area contributed by atoms with Crippen LogP contribution >= 0.6 is 11.3 Å². The van der Waals surface area contributed by atoms with E-state index < -0.39 is 0 Å². The van der Waals surface area contributed by atoms with Crippen LogP contribution in [0.2, 0.25) is 0 Å². The van der Waals surface area contributed by atoms with Crippen LogP contribution in [-0.2, 0) is 6.54 Å². The molecule has 4 heteroatoms. The van der Waals surface area contributed by atoms with Crippen LogP contribution in [-0.4, -0.2) is 18.7 Å². The van der Waals surface area contributed by atoms with Crippen LogP contribution in [0.4, 0.5) is 11.4 Å². The molecule has 0 bridgehead atoms. The quantitative estimate of drug-likeness (QED) is 0.840. The maximum atomic E-state index is 4.76. The van der Waals surface area contributed by atoms with E-state index in [1.807, 2.05) is 14.1 Å². The van der Waals surface area contributed by atoms with Gasteiger partial charge >= 0.3 is 0 Å². The fourth-order valence-corrected chi connectivity index (χ4v) is 3.05. The van der Waals surface area contributed by atoms with Crippen molar-refractivity contribution in [3.63, 3.8) is 0 Å². The molecular weight excluding hydrogens is 254 g/mol. The van der Waals surface area contributed by atoms with Crippen LogP contribution in [0.3, 0.4) is 0 Å². The Bertz CT molecular complexity index is 618. The van der Waals surface area contributed by atoms with Gasteiger partial charge in [-0.25, -0.2) is 4.99 Å². The Morgan fingerprint density at radius 1 is 1.16 bits per heavy atom. The van der Waals surface area contributed by atoms with E-state index in [1.165, 1.54) is 16.3 Å². The lowest BCUT2D eigenvalue weighted by atomic mass is 10.3.